The largest absolute Gasteiger partial charge is 0.495 e. The Kier molecular flexibility index (Phi) is 4.90. The average molecular weight is 375 g/mol. The van der Waals surface area contributed by atoms with Gasteiger partial charge in [-0.15, -0.1) is 0 Å². The number of hydrogen-bond donors (Lipinski definition) is 1. The van der Waals surface area contributed by atoms with Crippen molar-refractivity contribution in [3.8, 4) is 16.9 Å². The molecule has 0 unspecified atom stereocenters. The van der Waals surface area contributed by atoms with Gasteiger partial charge < -0.3 is 4.74 Å². The van der Waals surface area contributed by atoms with Crippen molar-refractivity contribution >= 4 is 15.7 Å². The molecule has 0 saturated heterocycles. The molecule has 0 spiro atoms. The predicted octanol–water partition coefficient (Wildman–Crippen LogP) is 4.44. The number of anilines is 1. The summed E-state index contributed by atoms with van der Waals surface area (Å²) in [5.74, 6) is -1.50. The molecule has 3 aromatic rings. The van der Waals surface area contributed by atoms with Crippen molar-refractivity contribution in [2.45, 2.75) is 4.90 Å². The van der Waals surface area contributed by atoms with Crippen molar-refractivity contribution in [2.75, 3.05) is 11.8 Å². The van der Waals surface area contributed by atoms with Crippen LogP contribution in [0.25, 0.3) is 11.1 Å². The number of nitrogens with one attached hydrogen (secondary N) is 1. The Labute approximate surface area is 150 Å². The van der Waals surface area contributed by atoms with Crippen LogP contribution in [0.1, 0.15) is 0 Å². The fraction of sp³-hybridized carbons (Fsp3) is 0.0526. The minimum atomic E-state index is -4.03. The highest BCUT2D eigenvalue weighted by Crippen LogP contribution is 2.33. The summed E-state index contributed by atoms with van der Waals surface area (Å²) in [6, 6.07) is 15.7. The van der Waals surface area contributed by atoms with Crippen molar-refractivity contribution in [3.63, 3.8) is 0 Å². The van der Waals surface area contributed by atoms with Crippen LogP contribution in [0.15, 0.2) is 71.6 Å². The Morgan fingerprint density at radius 1 is 0.885 bits per heavy atom. The predicted molar refractivity (Wildman–Crippen MR) is 95.6 cm³/mol. The summed E-state index contributed by atoms with van der Waals surface area (Å²) in [5, 5.41) is 0. The summed E-state index contributed by atoms with van der Waals surface area (Å²) in [6.07, 6.45) is 0. The van der Waals surface area contributed by atoms with E-state index < -0.39 is 21.7 Å². The van der Waals surface area contributed by atoms with Gasteiger partial charge in [-0.05, 0) is 42.0 Å². The van der Waals surface area contributed by atoms with Crippen LogP contribution in [0.5, 0.6) is 5.75 Å². The van der Waals surface area contributed by atoms with E-state index in [9.17, 15) is 17.2 Å². The van der Waals surface area contributed by atoms with Gasteiger partial charge in [0.25, 0.3) is 10.0 Å². The van der Waals surface area contributed by atoms with Gasteiger partial charge in [-0.25, -0.2) is 17.2 Å². The van der Waals surface area contributed by atoms with Crippen LogP contribution in [0.4, 0.5) is 14.5 Å². The first-order chi connectivity index (χ1) is 12.4. The third kappa shape index (κ3) is 3.52. The quantitative estimate of drug-likeness (QED) is 0.717. The first-order valence-electron chi connectivity index (χ1n) is 7.62. The van der Waals surface area contributed by atoms with E-state index in [1.165, 1.54) is 31.4 Å². The molecule has 0 fully saturated rings. The molecule has 0 bridgehead atoms. The summed E-state index contributed by atoms with van der Waals surface area (Å²) < 4.78 is 61.2. The first kappa shape index (κ1) is 17.9. The molecule has 0 aliphatic carbocycles. The molecule has 3 aromatic carbocycles. The zero-order valence-electron chi connectivity index (χ0n) is 13.7. The highest BCUT2D eigenvalue weighted by Gasteiger charge is 2.22. The van der Waals surface area contributed by atoms with Gasteiger partial charge in [0, 0.05) is 5.69 Å². The van der Waals surface area contributed by atoms with Gasteiger partial charge in [0.15, 0.2) is 0 Å². The van der Waals surface area contributed by atoms with Crippen molar-refractivity contribution < 1.29 is 21.9 Å². The number of methoxy groups -OCH3 is 1. The van der Waals surface area contributed by atoms with Crippen molar-refractivity contribution in [1.82, 2.24) is 0 Å². The molecule has 0 atom stereocenters. The lowest BCUT2D eigenvalue weighted by Gasteiger charge is -2.14. The lowest BCUT2D eigenvalue weighted by molar-refractivity contribution is 0.403. The Morgan fingerprint density at radius 2 is 1.54 bits per heavy atom. The summed E-state index contributed by atoms with van der Waals surface area (Å²) in [5.41, 5.74) is 0.151. The molecular weight excluding hydrogens is 360 g/mol. The minimum absolute atomic E-state index is 0.0638. The van der Waals surface area contributed by atoms with Gasteiger partial charge in [0.05, 0.1) is 12.7 Å². The highest BCUT2D eigenvalue weighted by molar-refractivity contribution is 7.92. The topological polar surface area (TPSA) is 55.4 Å². The van der Waals surface area contributed by atoms with E-state index in [1.54, 1.807) is 30.3 Å². The molecule has 134 valence electrons. The molecule has 3 rings (SSSR count). The van der Waals surface area contributed by atoms with Gasteiger partial charge in [-0.1, -0.05) is 30.3 Å². The van der Waals surface area contributed by atoms with E-state index in [0.717, 1.165) is 12.1 Å². The lowest BCUT2D eigenvalue weighted by atomic mass is 10.0. The number of halogens is 2. The van der Waals surface area contributed by atoms with E-state index in [-0.39, 0.29) is 21.8 Å². The van der Waals surface area contributed by atoms with Crippen molar-refractivity contribution in [1.29, 1.82) is 0 Å². The minimum Gasteiger partial charge on any atom is -0.495 e. The summed E-state index contributed by atoms with van der Waals surface area (Å²) in [6.45, 7) is 0. The monoisotopic (exact) mass is 375 g/mol. The van der Waals surface area contributed by atoms with Crippen LogP contribution in [0.3, 0.4) is 0 Å². The van der Waals surface area contributed by atoms with E-state index in [0.29, 0.717) is 5.69 Å². The third-order valence-corrected chi connectivity index (χ3v) is 5.13. The standard InChI is InChI=1S/C19H15F2NO3S/c1-25-17-11-10-13(19-15(20)8-5-9-16(19)21)12-18(17)26(23,24)22-14-6-3-2-4-7-14/h2-12,22H,1H3. The number of ether oxygens (including phenoxy) is 1. The second-order valence-electron chi connectivity index (χ2n) is 5.43. The molecule has 0 radical (unpaired) electrons. The van der Waals surface area contributed by atoms with Gasteiger partial charge >= 0.3 is 0 Å². The van der Waals surface area contributed by atoms with Gasteiger partial charge in [0.1, 0.15) is 22.3 Å². The van der Waals surface area contributed by atoms with E-state index in [1.807, 2.05) is 0 Å². The SMILES string of the molecule is COc1ccc(-c2c(F)cccc2F)cc1S(=O)(=O)Nc1ccccc1. The number of sulfonamides is 1. The van der Waals surface area contributed by atoms with Gasteiger partial charge in [-0.2, -0.15) is 0 Å². The Bertz CT molecular complexity index is 1020. The molecule has 26 heavy (non-hydrogen) atoms. The normalized spacial score (nSPS) is 11.2. The summed E-state index contributed by atoms with van der Waals surface area (Å²) in [7, 11) is -2.71. The summed E-state index contributed by atoms with van der Waals surface area (Å²) >= 11 is 0. The van der Waals surface area contributed by atoms with Crippen LogP contribution >= 0.6 is 0 Å². The maximum Gasteiger partial charge on any atom is 0.265 e. The van der Waals surface area contributed by atoms with Crippen LogP contribution in [-0.2, 0) is 10.0 Å². The molecule has 1 N–H and O–H groups in total. The van der Waals surface area contributed by atoms with Gasteiger partial charge in [0.2, 0.25) is 0 Å². The second-order valence-corrected chi connectivity index (χ2v) is 7.08. The average Bonchev–Trinajstić information content (AvgIpc) is 2.62. The molecule has 7 heteroatoms. The van der Waals surface area contributed by atoms with E-state index >= 15 is 0 Å². The second kappa shape index (κ2) is 7.13. The zero-order valence-corrected chi connectivity index (χ0v) is 14.6. The first-order valence-corrected chi connectivity index (χ1v) is 9.11. The molecular formula is C19H15F2NO3S. The Balaban J connectivity index is 2.12. The lowest BCUT2D eigenvalue weighted by Crippen LogP contribution is -2.14. The smallest absolute Gasteiger partial charge is 0.265 e. The van der Waals surface area contributed by atoms with E-state index in [2.05, 4.69) is 4.72 Å². The number of benzene rings is 3. The molecule has 0 amide bonds. The number of para-hydroxylation sites is 1. The fourth-order valence-corrected chi connectivity index (χ4v) is 3.79. The van der Waals surface area contributed by atoms with Crippen molar-refractivity contribution in [2.24, 2.45) is 0 Å². The molecule has 0 heterocycles. The Hall–Kier alpha value is -2.93. The van der Waals surface area contributed by atoms with Gasteiger partial charge in [-0.3, -0.25) is 4.72 Å². The molecule has 4 nitrogen and oxygen atoms in total. The zero-order chi connectivity index (χ0) is 18.7. The third-order valence-electron chi connectivity index (χ3n) is 3.73. The maximum atomic E-state index is 14.1. The van der Waals surface area contributed by atoms with Crippen LogP contribution in [0.2, 0.25) is 0 Å². The van der Waals surface area contributed by atoms with Crippen LogP contribution in [0, 0.1) is 11.6 Å². The molecule has 0 saturated carbocycles. The summed E-state index contributed by atoms with van der Waals surface area (Å²) in [4.78, 5) is -0.219. The number of hydrogen-bond acceptors (Lipinski definition) is 3. The van der Waals surface area contributed by atoms with E-state index in [4.69, 9.17) is 4.74 Å². The number of rotatable bonds is 5. The van der Waals surface area contributed by atoms with Crippen LogP contribution in [-0.4, -0.2) is 15.5 Å². The highest BCUT2D eigenvalue weighted by atomic mass is 32.2. The Morgan fingerprint density at radius 3 is 2.15 bits per heavy atom. The van der Waals surface area contributed by atoms with Crippen LogP contribution < -0.4 is 9.46 Å². The van der Waals surface area contributed by atoms with Crippen molar-refractivity contribution in [3.05, 3.63) is 78.4 Å². The molecule has 0 aliphatic rings. The molecule has 0 aliphatic heterocycles. The fourth-order valence-electron chi connectivity index (χ4n) is 2.53. The molecule has 0 aromatic heterocycles. The maximum absolute atomic E-state index is 14.1.